The van der Waals surface area contributed by atoms with E-state index in [1.165, 1.54) is 20.9 Å². The monoisotopic (exact) mass is 299 g/mol. The zero-order chi connectivity index (χ0) is 13.3. The SMILES string of the molecule is Cc1cc(C(C)NC(C)c2csc(Cl)c2)c(C)s1. The predicted molar refractivity (Wildman–Crippen MR) is 83.1 cm³/mol. The van der Waals surface area contributed by atoms with Gasteiger partial charge in [-0.05, 0) is 56.3 Å². The summed E-state index contributed by atoms with van der Waals surface area (Å²) in [4.78, 5) is 2.78. The van der Waals surface area contributed by atoms with Crippen LogP contribution in [-0.2, 0) is 0 Å². The molecule has 0 saturated carbocycles. The van der Waals surface area contributed by atoms with E-state index in [0.717, 1.165) is 4.34 Å². The lowest BCUT2D eigenvalue weighted by molar-refractivity contribution is 0.495. The van der Waals surface area contributed by atoms with Crippen molar-refractivity contribution in [3.8, 4) is 0 Å². The summed E-state index contributed by atoms with van der Waals surface area (Å²) in [5.41, 5.74) is 2.67. The molecule has 1 nitrogen and oxygen atoms in total. The van der Waals surface area contributed by atoms with Gasteiger partial charge in [0.2, 0.25) is 0 Å². The molecule has 0 aromatic carbocycles. The molecule has 0 amide bonds. The average Bonchev–Trinajstić information content (AvgIpc) is 2.84. The number of aryl methyl sites for hydroxylation is 2. The molecule has 0 spiro atoms. The van der Waals surface area contributed by atoms with Crippen LogP contribution in [0.25, 0.3) is 0 Å². The molecule has 0 aliphatic carbocycles. The number of thiophene rings is 2. The molecule has 2 atom stereocenters. The summed E-state index contributed by atoms with van der Waals surface area (Å²) in [7, 11) is 0. The fraction of sp³-hybridized carbons (Fsp3) is 0.429. The van der Waals surface area contributed by atoms with E-state index in [2.05, 4.69) is 44.5 Å². The molecule has 2 heterocycles. The highest BCUT2D eigenvalue weighted by molar-refractivity contribution is 7.14. The second kappa shape index (κ2) is 5.74. The highest BCUT2D eigenvalue weighted by atomic mass is 35.5. The Hall–Kier alpha value is -0.350. The van der Waals surface area contributed by atoms with Gasteiger partial charge in [0.15, 0.2) is 0 Å². The van der Waals surface area contributed by atoms with Crippen molar-refractivity contribution in [2.24, 2.45) is 0 Å². The van der Waals surface area contributed by atoms with Gasteiger partial charge < -0.3 is 5.32 Å². The Labute approximate surface area is 122 Å². The molecule has 2 aromatic rings. The van der Waals surface area contributed by atoms with Crippen molar-refractivity contribution >= 4 is 34.3 Å². The van der Waals surface area contributed by atoms with Gasteiger partial charge in [-0.25, -0.2) is 0 Å². The first-order valence-electron chi connectivity index (χ1n) is 6.04. The van der Waals surface area contributed by atoms with Gasteiger partial charge >= 0.3 is 0 Å². The zero-order valence-corrected chi connectivity index (χ0v) is 13.5. The Morgan fingerprint density at radius 1 is 1.17 bits per heavy atom. The zero-order valence-electron chi connectivity index (χ0n) is 11.1. The maximum absolute atomic E-state index is 5.98. The van der Waals surface area contributed by atoms with Gasteiger partial charge in [-0.3, -0.25) is 0 Å². The number of nitrogens with one attached hydrogen (secondary N) is 1. The average molecular weight is 300 g/mol. The smallest absolute Gasteiger partial charge is 0.0931 e. The van der Waals surface area contributed by atoms with Crippen LogP contribution in [0, 0.1) is 13.8 Å². The van der Waals surface area contributed by atoms with Crippen molar-refractivity contribution in [2.45, 2.75) is 39.8 Å². The van der Waals surface area contributed by atoms with Crippen molar-refractivity contribution in [1.29, 1.82) is 0 Å². The lowest BCUT2D eigenvalue weighted by Gasteiger charge is -2.19. The number of hydrogen-bond acceptors (Lipinski definition) is 3. The Morgan fingerprint density at radius 2 is 1.89 bits per heavy atom. The molecule has 1 N–H and O–H groups in total. The fourth-order valence-corrected chi connectivity index (χ4v) is 4.20. The lowest BCUT2D eigenvalue weighted by Crippen LogP contribution is -2.22. The second-order valence-electron chi connectivity index (χ2n) is 4.66. The molecule has 4 heteroatoms. The Kier molecular flexibility index (Phi) is 4.49. The molecule has 0 aliphatic rings. The van der Waals surface area contributed by atoms with E-state index in [-0.39, 0.29) is 0 Å². The van der Waals surface area contributed by atoms with Gasteiger partial charge in [0.1, 0.15) is 0 Å². The molecule has 0 fully saturated rings. The van der Waals surface area contributed by atoms with E-state index in [1.807, 2.05) is 17.4 Å². The Balaban J connectivity index is 2.07. The van der Waals surface area contributed by atoms with Crippen molar-refractivity contribution in [2.75, 3.05) is 0 Å². The topological polar surface area (TPSA) is 12.0 Å². The third-order valence-electron chi connectivity index (χ3n) is 3.13. The first kappa shape index (κ1) is 14.1. The lowest BCUT2D eigenvalue weighted by atomic mass is 10.1. The summed E-state index contributed by atoms with van der Waals surface area (Å²) >= 11 is 9.43. The van der Waals surface area contributed by atoms with Gasteiger partial charge in [-0.2, -0.15) is 0 Å². The van der Waals surface area contributed by atoms with E-state index in [9.17, 15) is 0 Å². The van der Waals surface area contributed by atoms with Gasteiger partial charge in [0, 0.05) is 21.8 Å². The normalized spacial score (nSPS) is 14.7. The van der Waals surface area contributed by atoms with Crippen molar-refractivity contribution in [3.05, 3.63) is 42.7 Å². The third-order valence-corrected chi connectivity index (χ3v) is 5.22. The van der Waals surface area contributed by atoms with Crippen molar-refractivity contribution in [3.63, 3.8) is 0 Å². The minimum Gasteiger partial charge on any atom is -0.304 e. The van der Waals surface area contributed by atoms with E-state index >= 15 is 0 Å². The molecule has 2 rings (SSSR count). The quantitative estimate of drug-likeness (QED) is 0.787. The molecular formula is C14H18ClNS2. The van der Waals surface area contributed by atoms with Crippen molar-refractivity contribution < 1.29 is 0 Å². The van der Waals surface area contributed by atoms with Gasteiger partial charge in [-0.15, -0.1) is 22.7 Å². The maximum Gasteiger partial charge on any atom is 0.0931 e. The van der Waals surface area contributed by atoms with E-state index in [0.29, 0.717) is 12.1 Å². The summed E-state index contributed by atoms with van der Waals surface area (Å²) in [6, 6.07) is 5.01. The molecule has 0 saturated heterocycles. The second-order valence-corrected chi connectivity index (χ2v) is 7.67. The molecular weight excluding hydrogens is 282 g/mol. The maximum atomic E-state index is 5.98. The van der Waals surface area contributed by atoms with Crippen LogP contribution in [0.1, 0.15) is 46.8 Å². The molecule has 18 heavy (non-hydrogen) atoms. The van der Waals surface area contributed by atoms with E-state index in [4.69, 9.17) is 11.6 Å². The van der Waals surface area contributed by atoms with E-state index in [1.54, 1.807) is 11.3 Å². The van der Waals surface area contributed by atoms with Crippen LogP contribution in [0.15, 0.2) is 17.5 Å². The highest BCUT2D eigenvalue weighted by Gasteiger charge is 2.15. The Bertz CT molecular complexity index is 530. The van der Waals surface area contributed by atoms with Crippen LogP contribution in [0.3, 0.4) is 0 Å². The molecule has 98 valence electrons. The Morgan fingerprint density at radius 3 is 2.39 bits per heavy atom. The van der Waals surface area contributed by atoms with Crippen LogP contribution in [-0.4, -0.2) is 0 Å². The van der Waals surface area contributed by atoms with Gasteiger partial charge in [0.25, 0.3) is 0 Å². The van der Waals surface area contributed by atoms with Crippen LogP contribution in [0.5, 0.6) is 0 Å². The van der Waals surface area contributed by atoms with Gasteiger partial charge in [-0.1, -0.05) is 11.6 Å². The standard InChI is InChI=1S/C14H18ClNS2/c1-8-5-13(11(4)18-8)10(3)16-9(2)12-6-14(15)17-7-12/h5-7,9-10,16H,1-4H3. The summed E-state index contributed by atoms with van der Waals surface area (Å²) in [6.45, 7) is 8.76. The molecule has 0 radical (unpaired) electrons. The first-order valence-corrected chi connectivity index (χ1v) is 8.11. The molecule has 2 aromatic heterocycles. The number of rotatable bonds is 4. The number of halogens is 1. The van der Waals surface area contributed by atoms with E-state index < -0.39 is 0 Å². The summed E-state index contributed by atoms with van der Waals surface area (Å²) in [6.07, 6.45) is 0. The van der Waals surface area contributed by atoms with Crippen LogP contribution in [0.2, 0.25) is 4.34 Å². The predicted octanol–water partition coefficient (Wildman–Crippen LogP) is 5.49. The van der Waals surface area contributed by atoms with Crippen LogP contribution >= 0.6 is 34.3 Å². The molecule has 0 bridgehead atoms. The largest absolute Gasteiger partial charge is 0.304 e. The highest BCUT2D eigenvalue weighted by Crippen LogP contribution is 2.30. The summed E-state index contributed by atoms with van der Waals surface area (Å²) in [5, 5.41) is 5.76. The minimum atomic E-state index is 0.323. The molecule has 0 aliphatic heterocycles. The fourth-order valence-electron chi connectivity index (χ4n) is 2.19. The van der Waals surface area contributed by atoms with Crippen LogP contribution < -0.4 is 5.32 Å². The minimum absolute atomic E-state index is 0.323. The van der Waals surface area contributed by atoms with Crippen molar-refractivity contribution in [1.82, 2.24) is 5.32 Å². The summed E-state index contributed by atoms with van der Waals surface area (Å²) < 4.78 is 0.855. The van der Waals surface area contributed by atoms with Crippen LogP contribution in [0.4, 0.5) is 0 Å². The molecule has 2 unspecified atom stereocenters. The summed E-state index contributed by atoms with van der Waals surface area (Å²) in [5.74, 6) is 0. The van der Waals surface area contributed by atoms with Gasteiger partial charge in [0.05, 0.1) is 4.34 Å². The third kappa shape index (κ3) is 3.15. The number of hydrogen-bond donors (Lipinski definition) is 1. The first-order chi connectivity index (χ1) is 8.47.